The monoisotopic (exact) mass is 334 g/mol. The normalized spacial score (nSPS) is 31.0. The molecule has 0 atom stereocenters. The topological polar surface area (TPSA) is 9.23 Å². The highest BCUT2D eigenvalue weighted by Crippen LogP contribution is 2.42. The van der Waals surface area contributed by atoms with E-state index in [1.165, 1.54) is 83.5 Å². The van der Waals surface area contributed by atoms with Gasteiger partial charge in [-0.2, -0.15) is 0 Å². The van der Waals surface area contributed by atoms with E-state index in [-0.39, 0.29) is 0 Å². The molecule has 140 valence electrons. The van der Waals surface area contributed by atoms with Gasteiger partial charge in [0.1, 0.15) is 0 Å². The Kier molecular flexibility index (Phi) is 10.1. The molecular weight excluding hydrogens is 292 g/mol. The molecule has 0 aliphatic heterocycles. The number of unbranched alkanes of at least 4 members (excludes halogenated alkanes) is 2. The number of ether oxygens (including phenoxy) is 1. The van der Waals surface area contributed by atoms with E-state index in [1.54, 1.807) is 0 Å². The minimum atomic E-state index is 0.861. The summed E-state index contributed by atoms with van der Waals surface area (Å²) in [5.41, 5.74) is 0. The zero-order chi connectivity index (χ0) is 17.0. The molecule has 0 unspecified atom stereocenters. The Bertz CT molecular complexity index is 308. The smallest absolute Gasteiger partial charge is 0.0500 e. The van der Waals surface area contributed by atoms with Crippen molar-refractivity contribution in [2.45, 2.75) is 96.8 Å². The largest absolute Gasteiger partial charge is 0.381 e. The van der Waals surface area contributed by atoms with Crippen LogP contribution in [0, 0.1) is 23.7 Å². The molecule has 2 fully saturated rings. The summed E-state index contributed by atoms with van der Waals surface area (Å²) in [6, 6.07) is 0. The molecule has 24 heavy (non-hydrogen) atoms. The third kappa shape index (κ3) is 7.30. The van der Waals surface area contributed by atoms with Crippen molar-refractivity contribution in [1.29, 1.82) is 0 Å². The van der Waals surface area contributed by atoms with Gasteiger partial charge in [-0.25, -0.2) is 0 Å². The van der Waals surface area contributed by atoms with Crippen molar-refractivity contribution in [3.05, 3.63) is 12.7 Å². The first-order valence-corrected chi connectivity index (χ1v) is 11.0. The minimum absolute atomic E-state index is 0.861. The predicted octanol–water partition coefficient (Wildman–Crippen LogP) is 7.16. The summed E-state index contributed by atoms with van der Waals surface area (Å²) in [5, 5.41) is 0. The van der Waals surface area contributed by atoms with Crippen molar-refractivity contribution in [3.8, 4) is 0 Å². The standard InChI is InChI=1S/C23H42O/c1-3-5-7-8-20-9-13-22(14-10-20)23-15-11-21(12-16-23)17-19-24-18-6-4-2/h4,20-23H,2-3,5-19H2,1H3/t20-,21-,22-,23-. The summed E-state index contributed by atoms with van der Waals surface area (Å²) in [5.74, 6) is 4.13. The second kappa shape index (κ2) is 12.1. The van der Waals surface area contributed by atoms with E-state index >= 15 is 0 Å². The first kappa shape index (κ1) is 20.0. The van der Waals surface area contributed by atoms with Gasteiger partial charge in [-0.05, 0) is 62.2 Å². The molecule has 2 saturated carbocycles. The van der Waals surface area contributed by atoms with Crippen molar-refractivity contribution in [3.63, 3.8) is 0 Å². The number of hydrogen-bond acceptors (Lipinski definition) is 1. The van der Waals surface area contributed by atoms with Crippen molar-refractivity contribution in [1.82, 2.24) is 0 Å². The van der Waals surface area contributed by atoms with Crippen LogP contribution in [0.25, 0.3) is 0 Å². The van der Waals surface area contributed by atoms with Gasteiger partial charge in [0.25, 0.3) is 0 Å². The second-order valence-corrected chi connectivity index (χ2v) is 8.54. The van der Waals surface area contributed by atoms with Crippen LogP contribution in [0.2, 0.25) is 0 Å². The maximum atomic E-state index is 5.70. The molecule has 0 radical (unpaired) electrons. The quantitative estimate of drug-likeness (QED) is 0.287. The van der Waals surface area contributed by atoms with E-state index in [0.29, 0.717) is 0 Å². The molecule has 1 heteroatoms. The van der Waals surface area contributed by atoms with E-state index in [1.807, 2.05) is 6.08 Å². The summed E-state index contributed by atoms with van der Waals surface area (Å²) in [6.07, 6.45) is 22.1. The minimum Gasteiger partial charge on any atom is -0.381 e. The van der Waals surface area contributed by atoms with Crippen LogP contribution < -0.4 is 0 Å². The fourth-order valence-corrected chi connectivity index (χ4v) is 5.10. The van der Waals surface area contributed by atoms with Gasteiger partial charge in [0.05, 0.1) is 0 Å². The molecule has 0 bridgehead atoms. The van der Waals surface area contributed by atoms with Gasteiger partial charge in [-0.15, -0.1) is 6.58 Å². The Hall–Kier alpha value is -0.300. The highest BCUT2D eigenvalue weighted by Gasteiger charge is 2.30. The molecule has 0 saturated heterocycles. The van der Waals surface area contributed by atoms with Gasteiger partial charge in [0, 0.05) is 13.2 Å². The van der Waals surface area contributed by atoms with Gasteiger partial charge in [-0.3, -0.25) is 0 Å². The van der Waals surface area contributed by atoms with Gasteiger partial charge >= 0.3 is 0 Å². The average Bonchev–Trinajstić information content (AvgIpc) is 2.63. The molecule has 0 spiro atoms. The van der Waals surface area contributed by atoms with E-state index < -0.39 is 0 Å². The molecule has 2 aliphatic rings. The molecule has 0 N–H and O–H groups in total. The van der Waals surface area contributed by atoms with Crippen LogP contribution in [0.3, 0.4) is 0 Å². The second-order valence-electron chi connectivity index (χ2n) is 8.54. The third-order valence-electron chi connectivity index (χ3n) is 6.80. The van der Waals surface area contributed by atoms with E-state index in [2.05, 4.69) is 13.5 Å². The average molecular weight is 335 g/mol. The van der Waals surface area contributed by atoms with Crippen LogP contribution >= 0.6 is 0 Å². The van der Waals surface area contributed by atoms with Crippen molar-refractivity contribution < 1.29 is 4.74 Å². The number of hydrogen-bond donors (Lipinski definition) is 0. The lowest BCUT2D eigenvalue weighted by Gasteiger charge is -2.38. The lowest BCUT2D eigenvalue weighted by Crippen LogP contribution is -2.26. The van der Waals surface area contributed by atoms with Crippen molar-refractivity contribution >= 4 is 0 Å². The van der Waals surface area contributed by atoms with Gasteiger partial charge < -0.3 is 4.74 Å². The molecule has 0 aromatic heterocycles. The van der Waals surface area contributed by atoms with Crippen LogP contribution in [-0.4, -0.2) is 13.2 Å². The molecule has 0 aromatic rings. The first-order valence-electron chi connectivity index (χ1n) is 11.0. The van der Waals surface area contributed by atoms with E-state index in [0.717, 1.165) is 43.3 Å². The molecule has 1 nitrogen and oxygen atoms in total. The van der Waals surface area contributed by atoms with Crippen LogP contribution in [0.4, 0.5) is 0 Å². The van der Waals surface area contributed by atoms with Crippen LogP contribution in [0.1, 0.15) is 96.8 Å². The van der Waals surface area contributed by atoms with Crippen LogP contribution in [0.15, 0.2) is 12.7 Å². The van der Waals surface area contributed by atoms with Gasteiger partial charge in [-0.1, -0.05) is 64.4 Å². The molecule has 2 rings (SSSR count). The highest BCUT2D eigenvalue weighted by molar-refractivity contribution is 4.82. The molecule has 0 amide bonds. The SMILES string of the molecule is C=CCCOCC[C@H]1CC[C@H]([C@H]2CC[C@H](CCCCC)CC2)CC1. The summed E-state index contributed by atoms with van der Waals surface area (Å²) in [7, 11) is 0. The first-order chi connectivity index (χ1) is 11.8. The zero-order valence-corrected chi connectivity index (χ0v) is 16.3. The third-order valence-corrected chi connectivity index (χ3v) is 6.80. The Morgan fingerprint density at radius 2 is 1.38 bits per heavy atom. The Morgan fingerprint density at radius 1 is 0.792 bits per heavy atom. The van der Waals surface area contributed by atoms with Crippen LogP contribution in [0.5, 0.6) is 0 Å². The fourth-order valence-electron chi connectivity index (χ4n) is 5.10. The predicted molar refractivity (Wildman–Crippen MR) is 105 cm³/mol. The number of rotatable bonds is 11. The van der Waals surface area contributed by atoms with E-state index in [9.17, 15) is 0 Å². The highest BCUT2D eigenvalue weighted by atomic mass is 16.5. The maximum absolute atomic E-state index is 5.70. The summed E-state index contributed by atoms with van der Waals surface area (Å²) >= 11 is 0. The van der Waals surface area contributed by atoms with Gasteiger partial charge in [0.15, 0.2) is 0 Å². The summed E-state index contributed by atoms with van der Waals surface area (Å²) < 4.78 is 5.70. The lowest BCUT2D eigenvalue weighted by atomic mass is 9.68. The Balaban J connectivity index is 1.54. The summed E-state index contributed by atoms with van der Waals surface area (Å²) in [4.78, 5) is 0. The molecule has 0 aromatic carbocycles. The Labute approximate surface area is 151 Å². The van der Waals surface area contributed by atoms with Crippen molar-refractivity contribution in [2.75, 3.05) is 13.2 Å². The Morgan fingerprint density at radius 3 is 1.92 bits per heavy atom. The molecule has 0 heterocycles. The lowest BCUT2D eigenvalue weighted by molar-refractivity contribution is 0.0993. The summed E-state index contributed by atoms with van der Waals surface area (Å²) in [6.45, 7) is 7.89. The maximum Gasteiger partial charge on any atom is 0.0500 e. The van der Waals surface area contributed by atoms with Crippen molar-refractivity contribution in [2.24, 2.45) is 23.7 Å². The van der Waals surface area contributed by atoms with E-state index in [4.69, 9.17) is 4.74 Å². The zero-order valence-electron chi connectivity index (χ0n) is 16.3. The van der Waals surface area contributed by atoms with Gasteiger partial charge in [0.2, 0.25) is 0 Å². The molecule has 2 aliphatic carbocycles. The molecular formula is C23H42O. The fraction of sp³-hybridized carbons (Fsp3) is 0.913. The van der Waals surface area contributed by atoms with Crippen LogP contribution in [-0.2, 0) is 4.74 Å².